The fraction of sp³-hybridized carbons (Fsp3) is 0.440. The van der Waals surface area contributed by atoms with Crippen LogP contribution in [0.4, 0.5) is 5.69 Å². The molecule has 2 amide bonds. The van der Waals surface area contributed by atoms with Gasteiger partial charge < -0.3 is 10.2 Å². The summed E-state index contributed by atoms with van der Waals surface area (Å²) in [6, 6.07) is 11.7. The highest BCUT2D eigenvalue weighted by molar-refractivity contribution is 7.92. The molecule has 2 rings (SSSR count). The van der Waals surface area contributed by atoms with Crippen molar-refractivity contribution in [3.8, 4) is 0 Å². The van der Waals surface area contributed by atoms with E-state index in [1.807, 2.05) is 33.8 Å². The highest BCUT2D eigenvalue weighted by Crippen LogP contribution is 2.24. The van der Waals surface area contributed by atoms with E-state index in [1.54, 1.807) is 36.4 Å². The minimum atomic E-state index is -3.77. The van der Waals surface area contributed by atoms with Crippen LogP contribution in [0.2, 0.25) is 5.02 Å². The number of hydrogen-bond donors (Lipinski definition) is 1. The maximum absolute atomic E-state index is 13.6. The molecule has 2 aromatic carbocycles. The number of nitrogens with one attached hydrogen (secondary N) is 1. The first-order valence-electron chi connectivity index (χ1n) is 11.3. The zero-order chi connectivity index (χ0) is 25.5. The lowest BCUT2D eigenvalue weighted by Crippen LogP contribution is -2.52. The van der Waals surface area contributed by atoms with E-state index < -0.39 is 28.5 Å². The number of nitrogens with zero attached hydrogens (tertiary/aromatic N) is 2. The fourth-order valence-corrected chi connectivity index (χ4v) is 4.83. The zero-order valence-corrected chi connectivity index (χ0v) is 22.0. The van der Waals surface area contributed by atoms with Crippen LogP contribution in [-0.4, -0.2) is 50.5 Å². The minimum Gasteiger partial charge on any atom is -0.354 e. The Morgan fingerprint density at radius 3 is 2.21 bits per heavy atom. The molecule has 1 N–H and O–H groups in total. The Morgan fingerprint density at radius 2 is 1.68 bits per heavy atom. The molecule has 0 fully saturated rings. The predicted octanol–water partition coefficient (Wildman–Crippen LogP) is 4.06. The maximum atomic E-state index is 13.6. The van der Waals surface area contributed by atoms with Crippen molar-refractivity contribution in [2.75, 3.05) is 23.7 Å². The van der Waals surface area contributed by atoms with E-state index >= 15 is 0 Å². The maximum Gasteiger partial charge on any atom is 0.244 e. The number of halogens is 1. The monoisotopic (exact) mass is 507 g/mol. The molecule has 0 radical (unpaired) electrons. The highest BCUT2D eigenvalue weighted by Gasteiger charge is 2.32. The molecule has 0 aliphatic carbocycles. The second-order valence-corrected chi connectivity index (χ2v) is 10.8. The van der Waals surface area contributed by atoms with Gasteiger partial charge in [0.2, 0.25) is 21.8 Å². The summed E-state index contributed by atoms with van der Waals surface area (Å²) in [5.41, 5.74) is 2.86. The molecule has 1 atom stereocenters. The molecular formula is C25H34ClN3O4S. The summed E-state index contributed by atoms with van der Waals surface area (Å²) in [6.07, 6.45) is 2.20. The molecule has 0 aliphatic rings. The first-order chi connectivity index (χ1) is 16.0. The lowest BCUT2D eigenvalue weighted by Gasteiger charge is -2.33. The van der Waals surface area contributed by atoms with Gasteiger partial charge in [-0.3, -0.25) is 13.9 Å². The third-order valence-electron chi connectivity index (χ3n) is 5.41. The molecule has 0 aliphatic heterocycles. The quantitative estimate of drug-likeness (QED) is 0.497. The molecule has 0 aromatic heterocycles. The summed E-state index contributed by atoms with van der Waals surface area (Å²) in [6.45, 7) is 7.65. The Balaban J connectivity index is 2.47. The summed E-state index contributed by atoms with van der Waals surface area (Å²) in [5.74, 6) is -0.759. The lowest BCUT2D eigenvalue weighted by atomic mass is 10.1. The number of hydrogen-bond acceptors (Lipinski definition) is 4. The number of amides is 2. The normalized spacial score (nSPS) is 12.2. The van der Waals surface area contributed by atoms with E-state index in [4.69, 9.17) is 11.6 Å². The van der Waals surface area contributed by atoms with Crippen molar-refractivity contribution in [1.82, 2.24) is 10.2 Å². The molecule has 186 valence electrons. The summed E-state index contributed by atoms with van der Waals surface area (Å²) in [4.78, 5) is 28.0. The largest absolute Gasteiger partial charge is 0.354 e. The Labute approximate surface area is 208 Å². The van der Waals surface area contributed by atoms with Crippen LogP contribution in [-0.2, 0) is 26.2 Å². The lowest BCUT2D eigenvalue weighted by molar-refractivity contribution is -0.140. The van der Waals surface area contributed by atoms with Crippen LogP contribution in [0.5, 0.6) is 0 Å². The van der Waals surface area contributed by atoms with Gasteiger partial charge in [0.1, 0.15) is 12.6 Å². The summed E-state index contributed by atoms with van der Waals surface area (Å²) < 4.78 is 26.5. The van der Waals surface area contributed by atoms with Crippen LogP contribution in [0.15, 0.2) is 42.5 Å². The Morgan fingerprint density at radius 1 is 1.06 bits per heavy atom. The fourth-order valence-electron chi connectivity index (χ4n) is 3.80. The second-order valence-electron chi connectivity index (χ2n) is 8.44. The van der Waals surface area contributed by atoms with E-state index in [9.17, 15) is 18.0 Å². The smallest absolute Gasteiger partial charge is 0.244 e. The Kier molecular flexibility index (Phi) is 9.94. The van der Waals surface area contributed by atoms with Crippen molar-refractivity contribution in [3.05, 3.63) is 64.2 Å². The van der Waals surface area contributed by atoms with E-state index in [0.29, 0.717) is 29.2 Å². The van der Waals surface area contributed by atoms with Crippen molar-refractivity contribution in [1.29, 1.82) is 0 Å². The predicted molar refractivity (Wildman–Crippen MR) is 137 cm³/mol. The number of rotatable bonds is 11. The first-order valence-corrected chi connectivity index (χ1v) is 13.6. The average Bonchev–Trinajstić information content (AvgIpc) is 2.75. The molecule has 2 aromatic rings. The van der Waals surface area contributed by atoms with E-state index in [0.717, 1.165) is 28.1 Å². The number of carbonyl (C=O) groups excluding carboxylic acids is 2. The molecule has 9 heteroatoms. The van der Waals surface area contributed by atoms with Gasteiger partial charge in [0.15, 0.2) is 0 Å². The van der Waals surface area contributed by atoms with Gasteiger partial charge in [0.25, 0.3) is 0 Å². The van der Waals surface area contributed by atoms with Crippen LogP contribution < -0.4 is 9.62 Å². The molecule has 0 heterocycles. The van der Waals surface area contributed by atoms with Gasteiger partial charge in [0.05, 0.1) is 11.9 Å². The van der Waals surface area contributed by atoms with Gasteiger partial charge >= 0.3 is 0 Å². The SMILES string of the molecule is CCCNC(=O)C(CC)N(Cc1ccccc1Cl)C(=O)CN(c1cc(C)cc(C)c1)S(C)(=O)=O. The molecule has 0 spiro atoms. The molecule has 7 nitrogen and oxygen atoms in total. The van der Waals surface area contributed by atoms with E-state index in [2.05, 4.69) is 5.32 Å². The molecular weight excluding hydrogens is 474 g/mol. The van der Waals surface area contributed by atoms with Crippen LogP contribution in [0.3, 0.4) is 0 Å². The number of carbonyl (C=O) groups is 2. The van der Waals surface area contributed by atoms with Crippen LogP contribution >= 0.6 is 11.6 Å². The van der Waals surface area contributed by atoms with Crippen molar-refractivity contribution in [2.24, 2.45) is 0 Å². The van der Waals surface area contributed by atoms with Gasteiger partial charge in [-0.25, -0.2) is 8.42 Å². The van der Waals surface area contributed by atoms with Crippen LogP contribution in [0.1, 0.15) is 43.4 Å². The van der Waals surface area contributed by atoms with Gasteiger partial charge in [-0.2, -0.15) is 0 Å². The van der Waals surface area contributed by atoms with Crippen LogP contribution in [0.25, 0.3) is 0 Å². The molecule has 0 saturated carbocycles. The minimum absolute atomic E-state index is 0.0843. The summed E-state index contributed by atoms with van der Waals surface area (Å²) in [7, 11) is -3.77. The second kappa shape index (κ2) is 12.2. The number of benzene rings is 2. The molecule has 1 unspecified atom stereocenters. The first kappa shape index (κ1) is 27.7. The standard InChI is InChI=1S/C25H34ClN3O4S/c1-6-12-27-25(31)23(7-2)28(16-20-10-8-9-11-22(20)26)24(30)17-29(34(5,32)33)21-14-18(3)13-19(4)15-21/h8-11,13-15,23H,6-7,12,16-17H2,1-5H3,(H,27,31). The van der Waals surface area contributed by atoms with E-state index in [-0.39, 0.29) is 12.5 Å². The summed E-state index contributed by atoms with van der Waals surface area (Å²) >= 11 is 6.35. The van der Waals surface area contributed by atoms with Gasteiger partial charge in [-0.05, 0) is 61.6 Å². The number of aryl methyl sites for hydroxylation is 2. The Hall–Kier alpha value is -2.58. The highest BCUT2D eigenvalue weighted by atomic mass is 35.5. The molecule has 34 heavy (non-hydrogen) atoms. The van der Waals surface area contributed by atoms with Gasteiger partial charge in [-0.15, -0.1) is 0 Å². The van der Waals surface area contributed by atoms with Crippen molar-refractivity contribution >= 4 is 39.1 Å². The molecule has 0 saturated heterocycles. The number of anilines is 1. The van der Waals surface area contributed by atoms with Crippen molar-refractivity contribution < 1.29 is 18.0 Å². The third-order valence-corrected chi connectivity index (χ3v) is 6.92. The topological polar surface area (TPSA) is 86.8 Å². The third kappa shape index (κ3) is 7.46. The van der Waals surface area contributed by atoms with Crippen LogP contribution in [0, 0.1) is 13.8 Å². The van der Waals surface area contributed by atoms with Gasteiger partial charge in [0, 0.05) is 18.1 Å². The molecule has 0 bridgehead atoms. The number of sulfonamides is 1. The zero-order valence-electron chi connectivity index (χ0n) is 20.5. The van der Waals surface area contributed by atoms with E-state index in [1.165, 1.54) is 4.90 Å². The van der Waals surface area contributed by atoms with Crippen molar-refractivity contribution in [3.63, 3.8) is 0 Å². The van der Waals surface area contributed by atoms with Gasteiger partial charge in [-0.1, -0.05) is 49.7 Å². The Bertz CT molecular complexity index is 1100. The van der Waals surface area contributed by atoms with Crippen molar-refractivity contribution in [2.45, 2.75) is 53.1 Å². The summed E-state index contributed by atoms with van der Waals surface area (Å²) in [5, 5.41) is 3.32. The average molecular weight is 508 g/mol.